The minimum atomic E-state index is -3.59. The fourth-order valence-electron chi connectivity index (χ4n) is 5.84. The Labute approximate surface area is 221 Å². The summed E-state index contributed by atoms with van der Waals surface area (Å²) in [6.07, 6.45) is 5.73. The number of likely N-dealkylation sites (N-methyl/N-ethyl adjacent to an activating group) is 2. The molecule has 2 aliphatic heterocycles. The van der Waals surface area contributed by atoms with Crippen LogP contribution in [-0.4, -0.2) is 75.2 Å². The Morgan fingerprint density at radius 2 is 1.89 bits per heavy atom. The van der Waals surface area contributed by atoms with Crippen LogP contribution < -0.4 is 14.5 Å². The van der Waals surface area contributed by atoms with Gasteiger partial charge in [-0.05, 0) is 46.0 Å². The van der Waals surface area contributed by atoms with Gasteiger partial charge in [0.1, 0.15) is 5.82 Å². The molecule has 6 rings (SSSR count). The predicted molar refractivity (Wildman–Crippen MR) is 147 cm³/mol. The van der Waals surface area contributed by atoms with Crippen LogP contribution in [0.15, 0.2) is 30.6 Å². The van der Waals surface area contributed by atoms with Gasteiger partial charge >= 0.3 is 0 Å². The van der Waals surface area contributed by atoms with Gasteiger partial charge in [0.05, 0.1) is 34.3 Å². The first kappa shape index (κ1) is 25.0. The molecule has 200 valence electrons. The van der Waals surface area contributed by atoms with Crippen LogP contribution in [0.1, 0.15) is 31.7 Å². The zero-order chi connectivity index (χ0) is 27.0. The van der Waals surface area contributed by atoms with Crippen molar-refractivity contribution in [1.82, 2.24) is 14.9 Å². The lowest BCUT2D eigenvalue weighted by atomic mass is 9.64. The van der Waals surface area contributed by atoms with E-state index < -0.39 is 21.3 Å². The summed E-state index contributed by atoms with van der Waals surface area (Å²) < 4.78 is 43.2. The quantitative estimate of drug-likeness (QED) is 0.514. The molecular weight excluding hydrogens is 507 g/mol. The van der Waals surface area contributed by atoms with Gasteiger partial charge in [-0.3, -0.25) is 14.5 Å². The molecule has 1 amide bonds. The maximum absolute atomic E-state index is 15.5. The number of sulfonamides is 1. The van der Waals surface area contributed by atoms with Gasteiger partial charge in [0.25, 0.3) is 0 Å². The highest BCUT2D eigenvalue weighted by Gasteiger charge is 2.54. The monoisotopic (exact) mass is 538 g/mol. The second kappa shape index (κ2) is 8.60. The number of pyridine rings is 2. The molecule has 1 saturated heterocycles. The lowest BCUT2D eigenvalue weighted by Crippen LogP contribution is -2.57. The Kier molecular flexibility index (Phi) is 5.66. The van der Waals surface area contributed by atoms with Crippen molar-refractivity contribution < 1.29 is 17.6 Å². The van der Waals surface area contributed by atoms with Crippen molar-refractivity contribution in [2.75, 3.05) is 54.5 Å². The van der Waals surface area contributed by atoms with E-state index in [4.69, 9.17) is 0 Å². The van der Waals surface area contributed by atoms with Gasteiger partial charge < -0.3 is 14.7 Å². The van der Waals surface area contributed by atoms with E-state index in [1.807, 2.05) is 19.0 Å². The van der Waals surface area contributed by atoms with E-state index in [0.717, 1.165) is 35.9 Å². The molecule has 3 aromatic rings. The first-order chi connectivity index (χ1) is 18.0. The summed E-state index contributed by atoms with van der Waals surface area (Å²) in [5.74, 6) is 0.00349. The smallest absolute Gasteiger partial charge is 0.237 e. The van der Waals surface area contributed by atoms with Crippen molar-refractivity contribution in [3.8, 4) is 11.1 Å². The van der Waals surface area contributed by atoms with E-state index in [9.17, 15) is 13.2 Å². The van der Waals surface area contributed by atoms with Crippen LogP contribution in [0, 0.1) is 5.82 Å². The van der Waals surface area contributed by atoms with Crippen molar-refractivity contribution in [2.24, 2.45) is 0 Å². The van der Waals surface area contributed by atoms with Gasteiger partial charge in [0.15, 0.2) is 5.82 Å². The first-order valence-corrected chi connectivity index (χ1v) is 14.5. The molecule has 2 aromatic heterocycles. The molecule has 1 spiro atoms. The number of hydrogen-bond acceptors (Lipinski definition) is 7. The fraction of sp³-hybridized carbons (Fsp3) is 0.444. The van der Waals surface area contributed by atoms with E-state index in [1.165, 1.54) is 6.07 Å². The molecule has 1 aliphatic carbocycles. The highest BCUT2D eigenvalue weighted by molar-refractivity contribution is 7.92. The highest BCUT2D eigenvalue weighted by atomic mass is 32.2. The van der Waals surface area contributed by atoms with Gasteiger partial charge in [-0.2, -0.15) is 0 Å². The normalized spacial score (nSPS) is 18.7. The van der Waals surface area contributed by atoms with Gasteiger partial charge in [0, 0.05) is 60.5 Å². The first-order valence-electron chi connectivity index (χ1n) is 12.9. The van der Waals surface area contributed by atoms with Crippen molar-refractivity contribution in [3.63, 3.8) is 0 Å². The van der Waals surface area contributed by atoms with E-state index in [-0.39, 0.29) is 17.2 Å². The van der Waals surface area contributed by atoms with Crippen LogP contribution >= 0.6 is 0 Å². The molecule has 9 nitrogen and oxygen atoms in total. The van der Waals surface area contributed by atoms with Crippen LogP contribution in [0.25, 0.3) is 22.0 Å². The molecule has 0 atom stereocenters. The summed E-state index contributed by atoms with van der Waals surface area (Å²) >= 11 is 0. The van der Waals surface area contributed by atoms with Gasteiger partial charge in [-0.25, -0.2) is 17.8 Å². The van der Waals surface area contributed by atoms with Crippen LogP contribution in [0.4, 0.5) is 21.6 Å². The maximum Gasteiger partial charge on any atom is 0.237 e. The third-order valence-corrected chi connectivity index (χ3v) is 9.70. The molecule has 38 heavy (non-hydrogen) atoms. The molecular formula is C27H31FN6O3S. The van der Waals surface area contributed by atoms with Crippen molar-refractivity contribution in [1.29, 1.82) is 0 Å². The molecule has 0 unspecified atom stereocenters. The number of anilines is 3. The Morgan fingerprint density at radius 1 is 1.16 bits per heavy atom. The zero-order valence-corrected chi connectivity index (χ0v) is 22.8. The van der Waals surface area contributed by atoms with Crippen molar-refractivity contribution in [2.45, 2.75) is 37.6 Å². The number of hydrogen-bond donors (Lipinski definition) is 1. The molecule has 1 aromatic carbocycles. The van der Waals surface area contributed by atoms with Crippen LogP contribution in [-0.2, 0) is 20.2 Å². The number of halogens is 1. The Bertz CT molecular complexity index is 1580. The number of carbonyl (C=O) groups excluding carboxylic acids is 1. The number of nitrogens with zero attached hydrogens (tertiary/aromatic N) is 5. The second-order valence-corrected chi connectivity index (χ2v) is 12.8. The maximum atomic E-state index is 15.5. The Hall–Kier alpha value is -3.31. The van der Waals surface area contributed by atoms with Crippen LogP contribution in [0.3, 0.4) is 0 Å². The summed E-state index contributed by atoms with van der Waals surface area (Å²) in [5.41, 5.74) is 2.64. The lowest BCUT2D eigenvalue weighted by molar-refractivity contribution is -0.125. The summed E-state index contributed by atoms with van der Waals surface area (Å²) in [6.45, 7) is 2.99. The van der Waals surface area contributed by atoms with Gasteiger partial charge in [-0.1, -0.05) is 6.42 Å². The van der Waals surface area contributed by atoms with E-state index in [2.05, 4.69) is 19.6 Å². The number of aromatic nitrogens is 2. The number of amides is 1. The number of rotatable bonds is 6. The second-order valence-electron chi connectivity index (χ2n) is 10.8. The molecule has 0 radical (unpaired) electrons. The third-order valence-electron chi connectivity index (χ3n) is 8.41. The summed E-state index contributed by atoms with van der Waals surface area (Å²) in [4.78, 5) is 28.0. The molecule has 2 fully saturated rings. The topological polar surface area (TPSA) is 98.7 Å². The zero-order valence-electron chi connectivity index (χ0n) is 22.0. The summed E-state index contributed by atoms with van der Waals surface area (Å²) in [5, 5.41) is 0.743. The molecule has 4 heterocycles. The molecule has 11 heteroatoms. The standard InChI is InChI=1S/C27H31FN6O3S/c1-5-38(36,37)31-22-9-16(12-30-25(22)34-14-17(15-34)32(2)3)18-10-19-21(11-20(18)28)29-13-23-24(19)27(7-6-8-27)26(35)33(23)4/h9-13,17,31H,5-8,14-15H2,1-4H3. The minimum absolute atomic E-state index is 0.0618. The number of fused-ring (bicyclic) bond motifs is 4. The van der Waals surface area contributed by atoms with Gasteiger partial charge in [0.2, 0.25) is 15.9 Å². The SMILES string of the molecule is CCS(=O)(=O)Nc1cc(-c2cc3c4c(cnc3cc2F)N(C)C(=O)C42CCC2)cnc1N1CC(N(C)C)C1. The minimum Gasteiger partial charge on any atom is -0.352 e. The average molecular weight is 539 g/mol. The summed E-state index contributed by atoms with van der Waals surface area (Å²) in [6, 6.07) is 5.12. The molecule has 1 N–H and O–H groups in total. The Morgan fingerprint density at radius 3 is 2.53 bits per heavy atom. The summed E-state index contributed by atoms with van der Waals surface area (Å²) in [7, 11) is 2.18. The molecule has 1 saturated carbocycles. The molecule has 0 bridgehead atoms. The van der Waals surface area contributed by atoms with E-state index in [1.54, 1.807) is 43.4 Å². The average Bonchev–Trinajstić information content (AvgIpc) is 3.05. The van der Waals surface area contributed by atoms with E-state index >= 15 is 4.39 Å². The third kappa shape index (κ3) is 3.66. The van der Waals surface area contributed by atoms with Crippen LogP contribution in [0.2, 0.25) is 0 Å². The number of nitrogens with one attached hydrogen (secondary N) is 1. The number of carbonyl (C=O) groups is 1. The largest absolute Gasteiger partial charge is 0.352 e. The Balaban J connectivity index is 1.48. The highest BCUT2D eigenvalue weighted by Crippen LogP contribution is 2.55. The molecule has 3 aliphatic rings. The van der Waals surface area contributed by atoms with Crippen molar-refractivity contribution >= 4 is 44.0 Å². The lowest BCUT2D eigenvalue weighted by Gasteiger charge is -2.44. The number of benzene rings is 1. The fourth-order valence-corrected chi connectivity index (χ4v) is 6.47. The van der Waals surface area contributed by atoms with Gasteiger partial charge in [-0.15, -0.1) is 0 Å². The predicted octanol–water partition coefficient (Wildman–Crippen LogP) is 3.35. The van der Waals surface area contributed by atoms with Crippen molar-refractivity contribution in [3.05, 3.63) is 42.0 Å². The van der Waals surface area contributed by atoms with E-state index in [0.29, 0.717) is 41.7 Å². The van der Waals surface area contributed by atoms with Crippen LogP contribution in [0.5, 0.6) is 0 Å².